The van der Waals surface area contributed by atoms with Gasteiger partial charge in [0.1, 0.15) is 0 Å². The Morgan fingerprint density at radius 1 is 1.29 bits per heavy atom. The SMILES string of the molecule is CCN(CC1CCNCC1)S(=O)(=O)c1cc(Br)ccc1Br. The van der Waals surface area contributed by atoms with Gasteiger partial charge in [-0.3, -0.25) is 0 Å². The van der Waals surface area contributed by atoms with Crippen molar-refractivity contribution in [1.82, 2.24) is 9.62 Å². The summed E-state index contributed by atoms with van der Waals surface area (Å²) >= 11 is 6.70. The van der Waals surface area contributed by atoms with Crippen molar-refractivity contribution in [2.75, 3.05) is 26.2 Å². The number of sulfonamides is 1. The van der Waals surface area contributed by atoms with Gasteiger partial charge in [0.2, 0.25) is 10.0 Å². The van der Waals surface area contributed by atoms with Crippen LogP contribution in [-0.4, -0.2) is 38.9 Å². The Morgan fingerprint density at radius 3 is 2.57 bits per heavy atom. The average molecular weight is 440 g/mol. The molecule has 0 amide bonds. The highest BCUT2D eigenvalue weighted by Crippen LogP contribution is 2.29. The Morgan fingerprint density at radius 2 is 1.95 bits per heavy atom. The molecule has 0 unspecified atom stereocenters. The van der Waals surface area contributed by atoms with E-state index in [1.165, 1.54) is 0 Å². The molecule has 0 radical (unpaired) electrons. The molecular formula is C14H20Br2N2O2S. The minimum Gasteiger partial charge on any atom is -0.317 e. The second kappa shape index (κ2) is 7.55. The number of nitrogens with zero attached hydrogens (tertiary/aromatic N) is 1. The van der Waals surface area contributed by atoms with E-state index in [1.54, 1.807) is 16.4 Å². The molecule has 118 valence electrons. The molecule has 1 heterocycles. The fraction of sp³-hybridized carbons (Fsp3) is 0.571. The normalized spacial score (nSPS) is 17.3. The summed E-state index contributed by atoms with van der Waals surface area (Å²) < 4.78 is 28.7. The number of nitrogens with one attached hydrogen (secondary N) is 1. The highest BCUT2D eigenvalue weighted by molar-refractivity contribution is 9.11. The molecule has 21 heavy (non-hydrogen) atoms. The van der Waals surface area contributed by atoms with E-state index in [9.17, 15) is 8.42 Å². The Balaban J connectivity index is 2.24. The van der Waals surface area contributed by atoms with Crippen LogP contribution in [0.5, 0.6) is 0 Å². The average Bonchev–Trinajstić information content (AvgIpc) is 2.48. The van der Waals surface area contributed by atoms with E-state index in [-0.39, 0.29) is 0 Å². The smallest absolute Gasteiger partial charge is 0.244 e. The molecule has 0 aromatic heterocycles. The summed E-state index contributed by atoms with van der Waals surface area (Å²) in [4.78, 5) is 0.327. The van der Waals surface area contributed by atoms with Gasteiger partial charge in [-0.1, -0.05) is 22.9 Å². The lowest BCUT2D eigenvalue weighted by atomic mass is 9.98. The summed E-state index contributed by atoms with van der Waals surface area (Å²) in [5, 5.41) is 3.31. The molecule has 1 aromatic carbocycles. The molecule has 0 spiro atoms. The number of hydrogen-bond acceptors (Lipinski definition) is 3. The maximum Gasteiger partial charge on any atom is 0.244 e. The van der Waals surface area contributed by atoms with Gasteiger partial charge in [0.25, 0.3) is 0 Å². The molecule has 0 saturated carbocycles. The minimum absolute atomic E-state index is 0.327. The molecule has 1 N–H and O–H groups in total. The number of rotatable bonds is 5. The van der Waals surface area contributed by atoms with Gasteiger partial charge in [-0.2, -0.15) is 4.31 Å². The van der Waals surface area contributed by atoms with Gasteiger partial charge in [0.05, 0.1) is 4.90 Å². The molecule has 2 rings (SSSR count). The largest absolute Gasteiger partial charge is 0.317 e. The van der Waals surface area contributed by atoms with Crippen molar-refractivity contribution in [2.24, 2.45) is 5.92 Å². The van der Waals surface area contributed by atoms with E-state index in [4.69, 9.17) is 0 Å². The van der Waals surface area contributed by atoms with Crippen molar-refractivity contribution in [3.63, 3.8) is 0 Å². The molecule has 1 aliphatic rings. The van der Waals surface area contributed by atoms with Gasteiger partial charge in [-0.05, 0) is 66.0 Å². The predicted molar refractivity (Wildman–Crippen MR) is 91.9 cm³/mol. The fourth-order valence-electron chi connectivity index (χ4n) is 2.56. The summed E-state index contributed by atoms with van der Waals surface area (Å²) in [5.74, 6) is 0.437. The van der Waals surface area contributed by atoms with E-state index < -0.39 is 10.0 Å². The Hall–Kier alpha value is 0.0500. The van der Waals surface area contributed by atoms with E-state index in [0.717, 1.165) is 30.4 Å². The molecule has 4 nitrogen and oxygen atoms in total. The van der Waals surface area contributed by atoms with Crippen LogP contribution in [0.2, 0.25) is 0 Å². The first-order valence-electron chi connectivity index (χ1n) is 7.11. The van der Waals surface area contributed by atoms with Crippen LogP contribution in [0.4, 0.5) is 0 Å². The third kappa shape index (κ3) is 4.28. The molecule has 0 bridgehead atoms. The topological polar surface area (TPSA) is 49.4 Å². The maximum atomic E-state index is 12.9. The summed E-state index contributed by atoms with van der Waals surface area (Å²) in [6.07, 6.45) is 2.07. The van der Waals surface area contributed by atoms with Crippen LogP contribution in [0.3, 0.4) is 0 Å². The number of benzene rings is 1. The lowest BCUT2D eigenvalue weighted by molar-refractivity contribution is 0.294. The summed E-state index contributed by atoms with van der Waals surface area (Å²) in [5.41, 5.74) is 0. The van der Waals surface area contributed by atoms with E-state index in [1.807, 2.05) is 13.0 Å². The van der Waals surface area contributed by atoms with Crippen molar-refractivity contribution in [2.45, 2.75) is 24.7 Å². The third-order valence-electron chi connectivity index (χ3n) is 3.78. The zero-order valence-electron chi connectivity index (χ0n) is 12.0. The second-order valence-electron chi connectivity index (χ2n) is 5.22. The lowest BCUT2D eigenvalue weighted by Crippen LogP contribution is -2.39. The zero-order chi connectivity index (χ0) is 15.5. The lowest BCUT2D eigenvalue weighted by Gasteiger charge is -2.29. The van der Waals surface area contributed by atoms with Crippen LogP contribution in [0, 0.1) is 5.92 Å². The van der Waals surface area contributed by atoms with Crippen LogP contribution in [0.1, 0.15) is 19.8 Å². The standard InChI is InChI=1S/C14H20Br2N2O2S/c1-2-18(10-11-5-7-17-8-6-11)21(19,20)14-9-12(15)3-4-13(14)16/h3-4,9,11,17H,2,5-8,10H2,1H3. The van der Waals surface area contributed by atoms with Crippen molar-refractivity contribution < 1.29 is 8.42 Å². The molecule has 7 heteroatoms. The summed E-state index contributed by atoms with van der Waals surface area (Å²) in [6, 6.07) is 5.24. The van der Waals surface area contributed by atoms with Gasteiger partial charge in [0.15, 0.2) is 0 Å². The fourth-order valence-corrected chi connectivity index (χ4v) is 5.55. The first kappa shape index (κ1) is 17.4. The van der Waals surface area contributed by atoms with Gasteiger partial charge in [-0.25, -0.2) is 8.42 Å². The van der Waals surface area contributed by atoms with Crippen molar-refractivity contribution in [3.05, 3.63) is 27.1 Å². The van der Waals surface area contributed by atoms with E-state index in [0.29, 0.717) is 28.4 Å². The molecular weight excluding hydrogens is 420 g/mol. The maximum absolute atomic E-state index is 12.9. The Kier molecular flexibility index (Phi) is 6.25. The molecule has 0 aliphatic carbocycles. The number of halogens is 2. The predicted octanol–water partition coefficient (Wildman–Crippen LogP) is 3.22. The molecule has 0 atom stereocenters. The second-order valence-corrected chi connectivity index (χ2v) is 8.90. The molecule has 1 aromatic rings. The van der Waals surface area contributed by atoms with Crippen LogP contribution >= 0.6 is 31.9 Å². The van der Waals surface area contributed by atoms with E-state index in [2.05, 4.69) is 37.2 Å². The number of piperidine rings is 1. The zero-order valence-corrected chi connectivity index (χ0v) is 16.0. The Bertz CT molecular complexity index is 587. The first-order valence-corrected chi connectivity index (χ1v) is 10.1. The molecule has 1 aliphatic heterocycles. The van der Waals surface area contributed by atoms with Crippen molar-refractivity contribution in [1.29, 1.82) is 0 Å². The van der Waals surface area contributed by atoms with Crippen LogP contribution in [-0.2, 0) is 10.0 Å². The minimum atomic E-state index is -3.47. The monoisotopic (exact) mass is 438 g/mol. The van der Waals surface area contributed by atoms with Crippen LogP contribution in [0.25, 0.3) is 0 Å². The van der Waals surface area contributed by atoms with Gasteiger partial charge < -0.3 is 5.32 Å². The molecule has 1 fully saturated rings. The third-order valence-corrected chi connectivity index (χ3v) is 7.21. The van der Waals surface area contributed by atoms with Gasteiger partial charge in [0, 0.05) is 22.0 Å². The summed E-state index contributed by atoms with van der Waals surface area (Å²) in [6.45, 7) is 4.93. The highest BCUT2D eigenvalue weighted by Gasteiger charge is 2.28. The quantitative estimate of drug-likeness (QED) is 0.766. The molecule has 1 saturated heterocycles. The van der Waals surface area contributed by atoms with Crippen molar-refractivity contribution in [3.8, 4) is 0 Å². The van der Waals surface area contributed by atoms with Crippen molar-refractivity contribution >= 4 is 41.9 Å². The summed E-state index contributed by atoms with van der Waals surface area (Å²) in [7, 11) is -3.47. The number of hydrogen-bond donors (Lipinski definition) is 1. The van der Waals surface area contributed by atoms with Crippen LogP contribution in [0.15, 0.2) is 32.0 Å². The Labute approximate surface area is 143 Å². The van der Waals surface area contributed by atoms with Crippen LogP contribution < -0.4 is 5.32 Å². The van der Waals surface area contributed by atoms with Gasteiger partial charge >= 0.3 is 0 Å². The van der Waals surface area contributed by atoms with E-state index >= 15 is 0 Å². The first-order chi connectivity index (χ1) is 9.95. The van der Waals surface area contributed by atoms with Gasteiger partial charge in [-0.15, -0.1) is 0 Å². The highest BCUT2D eigenvalue weighted by atomic mass is 79.9.